The van der Waals surface area contributed by atoms with E-state index < -0.39 is 97.5 Å². The third-order valence-corrected chi connectivity index (χ3v) is 18.4. The number of phosphoric acid groups is 2. The fourth-order valence-corrected chi connectivity index (χ4v) is 12.4. The van der Waals surface area contributed by atoms with Gasteiger partial charge in [-0.25, -0.2) is 9.13 Å². The van der Waals surface area contributed by atoms with Gasteiger partial charge in [-0.15, -0.1) is 0 Å². The molecule has 0 aliphatic rings. The minimum atomic E-state index is -4.95. The average molecular weight is 1330 g/mol. The van der Waals surface area contributed by atoms with Crippen molar-refractivity contribution in [2.45, 2.75) is 387 Å². The van der Waals surface area contributed by atoms with E-state index >= 15 is 0 Å². The number of rotatable bonds is 71. The van der Waals surface area contributed by atoms with Gasteiger partial charge in [0.05, 0.1) is 26.4 Å². The van der Waals surface area contributed by atoms with E-state index in [1.807, 2.05) is 0 Å². The van der Waals surface area contributed by atoms with Crippen molar-refractivity contribution < 1.29 is 80.2 Å². The summed E-state index contributed by atoms with van der Waals surface area (Å²) in [6, 6.07) is 0. The second-order valence-corrected chi connectivity index (χ2v) is 29.0. The van der Waals surface area contributed by atoms with E-state index in [4.69, 9.17) is 37.0 Å². The third-order valence-electron chi connectivity index (χ3n) is 16.5. The van der Waals surface area contributed by atoms with Crippen LogP contribution in [0.4, 0.5) is 0 Å². The second-order valence-electron chi connectivity index (χ2n) is 26.1. The molecule has 0 bridgehead atoms. The van der Waals surface area contributed by atoms with Crippen molar-refractivity contribution >= 4 is 39.5 Å². The molecule has 0 aromatic carbocycles. The molecule has 0 aliphatic heterocycles. The molecule has 0 aromatic rings. The molecular formula is C71H138O17P2. The number of carbonyl (C=O) groups excluding carboxylic acids is 4. The van der Waals surface area contributed by atoms with Crippen molar-refractivity contribution in [3.63, 3.8) is 0 Å². The van der Waals surface area contributed by atoms with Crippen molar-refractivity contribution in [1.82, 2.24) is 0 Å². The lowest BCUT2D eigenvalue weighted by Crippen LogP contribution is -2.30. The Morgan fingerprint density at radius 1 is 0.300 bits per heavy atom. The van der Waals surface area contributed by atoms with Crippen molar-refractivity contribution in [2.24, 2.45) is 5.92 Å². The maximum atomic E-state index is 13.0. The molecule has 0 spiro atoms. The van der Waals surface area contributed by atoms with Gasteiger partial charge in [-0.2, -0.15) is 0 Å². The molecule has 17 nitrogen and oxygen atoms in total. The van der Waals surface area contributed by atoms with E-state index in [2.05, 4.69) is 34.6 Å². The van der Waals surface area contributed by atoms with Gasteiger partial charge < -0.3 is 33.8 Å². The fraction of sp³-hybridized carbons (Fsp3) is 0.944. The fourth-order valence-electron chi connectivity index (χ4n) is 10.8. The van der Waals surface area contributed by atoms with Crippen LogP contribution in [0.1, 0.15) is 369 Å². The first-order chi connectivity index (χ1) is 43.5. The molecule has 0 aromatic heterocycles. The summed E-state index contributed by atoms with van der Waals surface area (Å²) in [6.07, 6.45) is 51.3. The SMILES string of the molecule is CCCCCCCCCCCCCCCCCCCC(=O)O[C@H](COC(=O)CCCCCCCCCCCCCCC(C)C)COP(=O)(O)OC[C@@H](O)COP(=O)(O)OC[C@@H](COC(=O)CCCCCCCCCCC)OC(=O)CCCCCCCCCCC. The zero-order valence-electron chi connectivity index (χ0n) is 58.3. The quantitative estimate of drug-likeness (QED) is 0.0222. The highest BCUT2D eigenvalue weighted by atomic mass is 31.2. The maximum Gasteiger partial charge on any atom is 0.472 e. The van der Waals surface area contributed by atoms with Gasteiger partial charge in [0, 0.05) is 25.7 Å². The minimum Gasteiger partial charge on any atom is -0.462 e. The summed E-state index contributed by atoms with van der Waals surface area (Å²) >= 11 is 0. The first-order valence-electron chi connectivity index (χ1n) is 37.1. The lowest BCUT2D eigenvalue weighted by atomic mass is 10.0. The Labute approximate surface area is 549 Å². The highest BCUT2D eigenvalue weighted by Crippen LogP contribution is 2.45. The van der Waals surface area contributed by atoms with Crippen LogP contribution in [0.3, 0.4) is 0 Å². The molecule has 534 valence electrons. The number of aliphatic hydroxyl groups excluding tert-OH is 1. The van der Waals surface area contributed by atoms with E-state index in [1.165, 1.54) is 193 Å². The van der Waals surface area contributed by atoms with Crippen molar-refractivity contribution in [3.8, 4) is 0 Å². The molecule has 0 amide bonds. The lowest BCUT2D eigenvalue weighted by Gasteiger charge is -2.21. The van der Waals surface area contributed by atoms with Crippen LogP contribution >= 0.6 is 15.6 Å². The van der Waals surface area contributed by atoms with Gasteiger partial charge in [0.1, 0.15) is 19.3 Å². The van der Waals surface area contributed by atoms with E-state index in [0.29, 0.717) is 25.7 Å². The Morgan fingerprint density at radius 3 is 0.756 bits per heavy atom. The summed E-state index contributed by atoms with van der Waals surface area (Å²) < 4.78 is 68.2. The number of esters is 4. The van der Waals surface area contributed by atoms with Gasteiger partial charge in [-0.05, 0) is 31.6 Å². The van der Waals surface area contributed by atoms with Crippen LogP contribution in [0.25, 0.3) is 0 Å². The van der Waals surface area contributed by atoms with Crippen LogP contribution in [0.15, 0.2) is 0 Å². The van der Waals surface area contributed by atoms with Gasteiger partial charge in [0.15, 0.2) is 12.2 Å². The molecule has 90 heavy (non-hydrogen) atoms. The smallest absolute Gasteiger partial charge is 0.462 e. The minimum absolute atomic E-state index is 0.106. The number of ether oxygens (including phenoxy) is 4. The van der Waals surface area contributed by atoms with Crippen molar-refractivity contribution in [1.29, 1.82) is 0 Å². The predicted octanol–water partition coefficient (Wildman–Crippen LogP) is 20.5. The number of carbonyl (C=O) groups is 4. The zero-order chi connectivity index (χ0) is 66.3. The molecule has 2 unspecified atom stereocenters. The summed E-state index contributed by atoms with van der Waals surface area (Å²) in [6.45, 7) is 7.24. The van der Waals surface area contributed by atoms with Crippen molar-refractivity contribution in [2.75, 3.05) is 39.6 Å². The topological polar surface area (TPSA) is 237 Å². The molecule has 0 aliphatic carbocycles. The number of aliphatic hydroxyl groups is 1. The van der Waals surface area contributed by atoms with E-state index in [0.717, 1.165) is 95.8 Å². The number of phosphoric ester groups is 2. The van der Waals surface area contributed by atoms with E-state index in [-0.39, 0.29) is 25.7 Å². The lowest BCUT2D eigenvalue weighted by molar-refractivity contribution is -0.161. The molecule has 0 saturated heterocycles. The van der Waals surface area contributed by atoms with E-state index in [9.17, 15) is 43.2 Å². The number of unbranched alkanes of at least 4 members (excludes halogenated alkanes) is 43. The third kappa shape index (κ3) is 64.8. The Bertz CT molecular complexity index is 1740. The van der Waals surface area contributed by atoms with Crippen molar-refractivity contribution in [3.05, 3.63) is 0 Å². The van der Waals surface area contributed by atoms with Gasteiger partial charge in [0.25, 0.3) is 0 Å². The summed E-state index contributed by atoms with van der Waals surface area (Å²) in [5.74, 6) is -1.34. The van der Waals surface area contributed by atoms with Gasteiger partial charge in [0.2, 0.25) is 0 Å². The van der Waals surface area contributed by atoms with Crippen LogP contribution in [0.2, 0.25) is 0 Å². The largest absolute Gasteiger partial charge is 0.472 e. The van der Waals surface area contributed by atoms with Gasteiger partial charge in [-0.1, -0.05) is 317 Å². The molecule has 3 N–H and O–H groups in total. The molecule has 0 rings (SSSR count). The Balaban J connectivity index is 5.20. The summed E-state index contributed by atoms with van der Waals surface area (Å²) in [5, 5.41) is 10.6. The second kappa shape index (κ2) is 64.4. The van der Waals surface area contributed by atoms with Gasteiger partial charge in [-0.3, -0.25) is 37.3 Å². The van der Waals surface area contributed by atoms with Gasteiger partial charge >= 0.3 is 39.5 Å². The average Bonchev–Trinajstić information content (AvgIpc) is 3.70. The van der Waals surface area contributed by atoms with Crippen LogP contribution in [-0.4, -0.2) is 96.7 Å². The molecular weight excluding hydrogens is 1190 g/mol. The maximum absolute atomic E-state index is 13.0. The zero-order valence-corrected chi connectivity index (χ0v) is 60.1. The monoisotopic (exact) mass is 1320 g/mol. The molecule has 0 radical (unpaired) electrons. The predicted molar refractivity (Wildman–Crippen MR) is 363 cm³/mol. The number of hydrogen-bond donors (Lipinski definition) is 3. The Hall–Kier alpha value is -1.94. The molecule has 19 heteroatoms. The van der Waals surface area contributed by atoms with Crippen LogP contribution in [0, 0.1) is 5.92 Å². The molecule has 0 fully saturated rings. The standard InChI is InChI=1S/C71H138O17P2/c1-6-9-12-15-18-21-22-23-24-25-26-27-32-37-42-47-52-57-71(76)88-67(61-82-69(74)55-50-45-40-36-31-29-28-30-35-38-43-48-53-64(4)5)63-86-90(79,80)84-59-65(72)58-83-89(77,78)85-62-66(87-70(75)56-51-46-41-34-20-17-14-11-8-3)60-81-68(73)54-49-44-39-33-19-16-13-10-7-2/h64-67,72H,6-63H2,1-5H3,(H,77,78)(H,79,80)/t65-,66+,67+/m0/s1. The highest BCUT2D eigenvalue weighted by molar-refractivity contribution is 7.47. The van der Waals surface area contributed by atoms with E-state index in [1.54, 1.807) is 0 Å². The van der Waals surface area contributed by atoms with Crippen LogP contribution < -0.4 is 0 Å². The Morgan fingerprint density at radius 2 is 0.511 bits per heavy atom. The normalized spacial score (nSPS) is 14.1. The molecule has 0 saturated carbocycles. The highest BCUT2D eigenvalue weighted by Gasteiger charge is 2.30. The molecule has 0 heterocycles. The Kier molecular flexibility index (Phi) is 63.0. The summed E-state index contributed by atoms with van der Waals surface area (Å²) in [5.41, 5.74) is 0. The first kappa shape index (κ1) is 88.1. The summed E-state index contributed by atoms with van der Waals surface area (Å²) in [4.78, 5) is 72.5. The first-order valence-corrected chi connectivity index (χ1v) is 40.1. The van der Waals surface area contributed by atoms with Crippen LogP contribution in [-0.2, 0) is 65.4 Å². The molecule has 5 atom stereocenters. The van der Waals surface area contributed by atoms with Crippen LogP contribution in [0.5, 0.6) is 0 Å². The number of hydrogen-bond acceptors (Lipinski definition) is 15. The summed E-state index contributed by atoms with van der Waals surface area (Å²) in [7, 11) is -9.89.